The van der Waals surface area contributed by atoms with E-state index in [9.17, 15) is 4.79 Å². The third kappa shape index (κ3) is 3.16. The topological polar surface area (TPSA) is 82.2 Å². The Morgan fingerprint density at radius 2 is 2.30 bits per heavy atom. The van der Waals surface area contributed by atoms with Gasteiger partial charge in [-0.2, -0.15) is 5.26 Å². The van der Waals surface area contributed by atoms with Gasteiger partial charge in [0.05, 0.1) is 17.7 Å². The van der Waals surface area contributed by atoms with E-state index in [1.54, 1.807) is 6.07 Å². The standard InChI is InChI=1S/C15H20N4O/c1-2-18-15(20)14-7-13(17)10-19(14)9-12-6-4-3-5-11(12)8-16/h3-6,13-14H,2,7,9-10,17H2,1H3,(H,18,20)/t13-,14-/m0/s1. The van der Waals surface area contributed by atoms with Gasteiger partial charge in [0.1, 0.15) is 0 Å². The van der Waals surface area contributed by atoms with Gasteiger partial charge in [0.15, 0.2) is 0 Å². The number of likely N-dealkylation sites (N-methyl/N-ethyl adjacent to an activating group) is 1. The zero-order chi connectivity index (χ0) is 14.5. The molecule has 0 aliphatic carbocycles. The summed E-state index contributed by atoms with van der Waals surface area (Å²) in [6, 6.07) is 9.49. The fourth-order valence-corrected chi connectivity index (χ4v) is 2.66. The highest BCUT2D eigenvalue weighted by atomic mass is 16.2. The van der Waals surface area contributed by atoms with E-state index in [1.807, 2.05) is 25.1 Å². The number of hydrogen-bond acceptors (Lipinski definition) is 4. The number of carbonyl (C=O) groups excluding carboxylic acids is 1. The predicted molar refractivity (Wildman–Crippen MR) is 76.6 cm³/mol. The summed E-state index contributed by atoms with van der Waals surface area (Å²) in [6.07, 6.45) is 0.667. The minimum atomic E-state index is -0.198. The molecule has 0 aromatic heterocycles. The Labute approximate surface area is 119 Å². The minimum Gasteiger partial charge on any atom is -0.355 e. The average Bonchev–Trinajstić information content (AvgIpc) is 2.80. The number of hydrogen-bond donors (Lipinski definition) is 2. The van der Waals surface area contributed by atoms with Gasteiger partial charge in [-0.25, -0.2) is 0 Å². The number of rotatable bonds is 4. The van der Waals surface area contributed by atoms with Gasteiger partial charge in [-0.1, -0.05) is 18.2 Å². The van der Waals surface area contributed by atoms with Crippen LogP contribution in [0.3, 0.4) is 0 Å². The first-order valence-electron chi connectivity index (χ1n) is 6.91. The number of carbonyl (C=O) groups is 1. The van der Waals surface area contributed by atoms with Crippen LogP contribution in [-0.4, -0.2) is 36.0 Å². The fraction of sp³-hybridized carbons (Fsp3) is 0.467. The number of nitrogens with zero attached hydrogens (tertiary/aromatic N) is 2. The third-order valence-electron chi connectivity index (χ3n) is 3.60. The number of amides is 1. The fourth-order valence-electron chi connectivity index (χ4n) is 2.66. The van der Waals surface area contributed by atoms with Crippen LogP contribution in [0, 0.1) is 11.3 Å². The Morgan fingerprint density at radius 3 is 3.00 bits per heavy atom. The molecule has 1 aromatic rings. The molecule has 1 aliphatic heterocycles. The highest BCUT2D eigenvalue weighted by Gasteiger charge is 2.34. The van der Waals surface area contributed by atoms with Crippen LogP contribution in [-0.2, 0) is 11.3 Å². The van der Waals surface area contributed by atoms with Crippen molar-refractivity contribution in [3.05, 3.63) is 35.4 Å². The maximum absolute atomic E-state index is 12.1. The molecule has 0 bridgehead atoms. The highest BCUT2D eigenvalue weighted by molar-refractivity contribution is 5.82. The SMILES string of the molecule is CCNC(=O)[C@@H]1C[C@H](N)CN1Cc1ccccc1C#N. The average molecular weight is 272 g/mol. The predicted octanol–water partition coefficient (Wildman–Crippen LogP) is 0.596. The van der Waals surface area contributed by atoms with Crippen molar-refractivity contribution >= 4 is 5.91 Å². The normalized spacial score (nSPS) is 22.4. The molecule has 1 saturated heterocycles. The lowest BCUT2D eigenvalue weighted by Gasteiger charge is -2.23. The van der Waals surface area contributed by atoms with Crippen molar-refractivity contribution in [2.45, 2.75) is 32.0 Å². The van der Waals surface area contributed by atoms with Crippen molar-refractivity contribution in [2.75, 3.05) is 13.1 Å². The van der Waals surface area contributed by atoms with E-state index in [0.29, 0.717) is 31.6 Å². The second-order valence-electron chi connectivity index (χ2n) is 5.10. The lowest BCUT2D eigenvalue weighted by molar-refractivity contribution is -0.125. The number of likely N-dealkylation sites (tertiary alicyclic amines) is 1. The van der Waals surface area contributed by atoms with Gasteiger partial charge in [-0.05, 0) is 25.0 Å². The molecule has 0 radical (unpaired) electrons. The quantitative estimate of drug-likeness (QED) is 0.840. The van der Waals surface area contributed by atoms with Crippen molar-refractivity contribution in [3.8, 4) is 6.07 Å². The summed E-state index contributed by atoms with van der Waals surface area (Å²) in [6.45, 7) is 3.79. The smallest absolute Gasteiger partial charge is 0.237 e. The van der Waals surface area contributed by atoms with E-state index in [-0.39, 0.29) is 18.0 Å². The second kappa shape index (κ2) is 6.51. The van der Waals surface area contributed by atoms with Crippen LogP contribution in [0.1, 0.15) is 24.5 Å². The number of nitriles is 1. The zero-order valence-corrected chi connectivity index (χ0v) is 11.7. The first kappa shape index (κ1) is 14.5. The summed E-state index contributed by atoms with van der Waals surface area (Å²) in [5, 5.41) is 12.0. The molecular formula is C15H20N4O. The molecule has 2 atom stereocenters. The maximum Gasteiger partial charge on any atom is 0.237 e. The van der Waals surface area contributed by atoms with Crippen LogP contribution in [0.15, 0.2) is 24.3 Å². The van der Waals surface area contributed by atoms with Crippen LogP contribution in [0.2, 0.25) is 0 Å². The molecule has 2 rings (SSSR count). The van der Waals surface area contributed by atoms with Crippen molar-refractivity contribution in [3.63, 3.8) is 0 Å². The van der Waals surface area contributed by atoms with Gasteiger partial charge < -0.3 is 11.1 Å². The van der Waals surface area contributed by atoms with Crippen molar-refractivity contribution < 1.29 is 4.79 Å². The lowest BCUT2D eigenvalue weighted by atomic mass is 10.1. The van der Waals surface area contributed by atoms with Gasteiger partial charge in [0, 0.05) is 25.7 Å². The zero-order valence-electron chi connectivity index (χ0n) is 11.7. The lowest BCUT2D eigenvalue weighted by Crippen LogP contribution is -2.42. The molecule has 0 spiro atoms. The van der Waals surface area contributed by atoms with E-state index >= 15 is 0 Å². The number of nitrogens with one attached hydrogen (secondary N) is 1. The summed E-state index contributed by atoms with van der Waals surface area (Å²) in [7, 11) is 0. The molecule has 5 nitrogen and oxygen atoms in total. The summed E-state index contributed by atoms with van der Waals surface area (Å²) >= 11 is 0. The largest absolute Gasteiger partial charge is 0.355 e. The van der Waals surface area contributed by atoms with Gasteiger partial charge in [0.2, 0.25) is 5.91 Å². The number of nitrogens with two attached hydrogens (primary N) is 1. The molecular weight excluding hydrogens is 252 g/mol. The summed E-state index contributed by atoms with van der Waals surface area (Å²) in [4.78, 5) is 14.1. The van der Waals surface area contributed by atoms with Crippen LogP contribution < -0.4 is 11.1 Å². The Balaban J connectivity index is 2.14. The molecule has 106 valence electrons. The molecule has 1 aromatic carbocycles. The Hall–Kier alpha value is -1.90. The first-order valence-corrected chi connectivity index (χ1v) is 6.91. The molecule has 1 heterocycles. The molecule has 0 unspecified atom stereocenters. The molecule has 20 heavy (non-hydrogen) atoms. The molecule has 1 amide bonds. The number of benzene rings is 1. The molecule has 1 fully saturated rings. The van der Waals surface area contributed by atoms with Gasteiger partial charge in [-0.15, -0.1) is 0 Å². The molecule has 5 heteroatoms. The van der Waals surface area contributed by atoms with Gasteiger partial charge >= 0.3 is 0 Å². The Bertz CT molecular complexity index is 523. The van der Waals surface area contributed by atoms with Gasteiger partial charge in [0.25, 0.3) is 0 Å². The van der Waals surface area contributed by atoms with E-state index in [4.69, 9.17) is 11.0 Å². The van der Waals surface area contributed by atoms with Crippen LogP contribution in [0.5, 0.6) is 0 Å². The highest BCUT2D eigenvalue weighted by Crippen LogP contribution is 2.21. The van der Waals surface area contributed by atoms with Gasteiger partial charge in [-0.3, -0.25) is 9.69 Å². The van der Waals surface area contributed by atoms with Crippen LogP contribution >= 0.6 is 0 Å². The van der Waals surface area contributed by atoms with Crippen molar-refractivity contribution in [2.24, 2.45) is 5.73 Å². The summed E-state index contributed by atoms with van der Waals surface area (Å²) in [5.41, 5.74) is 7.59. The van der Waals surface area contributed by atoms with Crippen LogP contribution in [0.4, 0.5) is 0 Å². The van der Waals surface area contributed by atoms with Crippen molar-refractivity contribution in [1.29, 1.82) is 5.26 Å². The van der Waals surface area contributed by atoms with E-state index in [1.165, 1.54) is 0 Å². The Kier molecular flexibility index (Phi) is 4.72. The molecule has 3 N–H and O–H groups in total. The first-order chi connectivity index (χ1) is 9.65. The van der Waals surface area contributed by atoms with E-state index in [2.05, 4.69) is 16.3 Å². The van der Waals surface area contributed by atoms with E-state index in [0.717, 1.165) is 5.56 Å². The molecule has 0 saturated carbocycles. The van der Waals surface area contributed by atoms with Crippen molar-refractivity contribution in [1.82, 2.24) is 10.2 Å². The minimum absolute atomic E-state index is 0.0110. The Morgan fingerprint density at radius 1 is 1.55 bits per heavy atom. The van der Waals surface area contributed by atoms with Crippen LogP contribution in [0.25, 0.3) is 0 Å². The monoisotopic (exact) mass is 272 g/mol. The maximum atomic E-state index is 12.1. The van der Waals surface area contributed by atoms with E-state index < -0.39 is 0 Å². The third-order valence-corrected chi connectivity index (χ3v) is 3.60. The summed E-state index contributed by atoms with van der Waals surface area (Å²) < 4.78 is 0. The second-order valence-corrected chi connectivity index (χ2v) is 5.10. The summed E-state index contributed by atoms with van der Waals surface area (Å²) in [5.74, 6) is 0.0230. The molecule has 1 aliphatic rings.